The molecule has 1 rings (SSSR count). The van der Waals surface area contributed by atoms with E-state index in [0.29, 0.717) is 23.4 Å². The number of hydrogen-bond donors (Lipinski definition) is 1. The first-order valence-electron chi connectivity index (χ1n) is 6.32. The molecule has 0 bridgehead atoms. The van der Waals surface area contributed by atoms with Gasteiger partial charge >= 0.3 is 0 Å². The van der Waals surface area contributed by atoms with E-state index in [9.17, 15) is 4.79 Å². The van der Waals surface area contributed by atoms with Crippen LogP contribution in [-0.4, -0.2) is 30.2 Å². The maximum absolute atomic E-state index is 11.7. The van der Waals surface area contributed by atoms with Crippen molar-refractivity contribution in [2.75, 3.05) is 25.1 Å². The molecule has 0 spiro atoms. The molecule has 0 fully saturated rings. The lowest BCUT2D eigenvalue weighted by atomic mass is 10.1. The van der Waals surface area contributed by atoms with E-state index in [1.54, 1.807) is 0 Å². The fourth-order valence-electron chi connectivity index (χ4n) is 1.92. The number of nitrogens with one attached hydrogen (secondary N) is 1. The van der Waals surface area contributed by atoms with Crippen LogP contribution in [0.3, 0.4) is 0 Å². The van der Waals surface area contributed by atoms with E-state index < -0.39 is 0 Å². The van der Waals surface area contributed by atoms with E-state index in [1.165, 1.54) is 13.4 Å². The van der Waals surface area contributed by atoms with Gasteiger partial charge in [-0.05, 0) is 11.8 Å². The molecule has 1 N–H and O–H groups in total. The summed E-state index contributed by atoms with van der Waals surface area (Å²) in [6.45, 7) is 10.3. The van der Waals surface area contributed by atoms with Crippen LogP contribution >= 0.6 is 0 Å². The molecular weight excluding hydrogens is 230 g/mol. The fourth-order valence-corrected chi connectivity index (χ4v) is 1.92. The monoisotopic (exact) mass is 253 g/mol. The molecule has 0 unspecified atom stereocenters. The van der Waals surface area contributed by atoms with Crippen molar-refractivity contribution >= 4 is 5.82 Å². The van der Waals surface area contributed by atoms with Gasteiger partial charge < -0.3 is 14.6 Å². The first-order chi connectivity index (χ1) is 8.45. The molecular formula is C13H23N3O2. The molecule has 102 valence electrons. The van der Waals surface area contributed by atoms with Crippen LogP contribution in [0.4, 0.5) is 5.82 Å². The first-order valence-corrected chi connectivity index (χ1v) is 6.32. The highest BCUT2D eigenvalue weighted by atomic mass is 16.5. The van der Waals surface area contributed by atoms with E-state index in [2.05, 4.69) is 42.6 Å². The molecule has 0 aromatic carbocycles. The Labute approximate surface area is 108 Å². The molecule has 18 heavy (non-hydrogen) atoms. The Balaban J connectivity index is 3.11. The highest BCUT2D eigenvalue weighted by Crippen LogP contribution is 2.22. The standard InChI is InChI=1S/C13H23N3O2/c1-9(2)6-16(7-10(3)4)12-11(18-5)13(17)15-8-14-12/h8-10H,6-7H2,1-5H3,(H,14,15,17). The number of rotatable bonds is 6. The first kappa shape index (κ1) is 14.5. The van der Waals surface area contributed by atoms with Crippen LogP contribution in [-0.2, 0) is 0 Å². The zero-order chi connectivity index (χ0) is 13.7. The Hall–Kier alpha value is -1.52. The summed E-state index contributed by atoms with van der Waals surface area (Å²) in [5.74, 6) is 1.91. The summed E-state index contributed by atoms with van der Waals surface area (Å²) in [5.41, 5.74) is -0.236. The van der Waals surface area contributed by atoms with Crippen LogP contribution in [0.15, 0.2) is 11.1 Å². The molecule has 0 aliphatic rings. The Bertz CT molecular complexity index is 416. The quantitative estimate of drug-likeness (QED) is 0.841. The average Bonchev–Trinajstić information content (AvgIpc) is 2.26. The molecule has 0 amide bonds. The highest BCUT2D eigenvalue weighted by Gasteiger charge is 2.18. The molecule has 5 nitrogen and oxygen atoms in total. The van der Waals surface area contributed by atoms with Crippen LogP contribution in [0.2, 0.25) is 0 Å². The largest absolute Gasteiger partial charge is 0.489 e. The second kappa shape index (κ2) is 6.42. The minimum atomic E-state index is -0.236. The smallest absolute Gasteiger partial charge is 0.295 e. The second-order valence-corrected chi connectivity index (χ2v) is 5.28. The van der Waals surface area contributed by atoms with Crippen LogP contribution in [0.25, 0.3) is 0 Å². The summed E-state index contributed by atoms with van der Waals surface area (Å²) in [6.07, 6.45) is 1.42. The summed E-state index contributed by atoms with van der Waals surface area (Å²) < 4.78 is 5.17. The molecule has 1 aromatic rings. The third-order valence-electron chi connectivity index (χ3n) is 2.47. The molecule has 0 atom stereocenters. The maximum atomic E-state index is 11.7. The van der Waals surface area contributed by atoms with Gasteiger partial charge in [-0.2, -0.15) is 0 Å². The van der Waals surface area contributed by atoms with Crippen molar-refractivity contribution in [1.29, 1.82) is 0 Å². The molecule has 1 heterocycles. The molecule has 0 aliphatic carbocycles. The lowest BCUT2D eigenvalue weighted by Crippen LogP contribution is -2.33. The van der Waals surface area contributed by atoms with E-state index in [1.807, 2.05) is 0 Å². The van der Waals surface area contributed by atoms with Gasteiger partial charge in [-0.3, -0.25) is 4.79 Å². The van der Waals surface area contributed by atoms with E-state index in [-0.39, 0.29) is 5.56 Å². The minimum absolute atomic E-state index is 0.236. The van der Waals surface area contributed by atoms with Crippen LogP contribution in [0.5, 0.6) is 5.75 Å². The Kier molecular flexibility index (Phi) is 5.19. The lowest BCUT2D eigenvalue weighted by molar-refractivity contribution is 0.403. The van der Waals surface area contributed by atoms with Gasteiger partial charge in [0.15, 0.2) is 5.82 Å². The number of anilines is 1. The topological polar surface area (TPSA) is 58.2 Å². The average molecular weight is 253 g/mol. The Morgan fingerprint density at radius 3 is 2.28 bits per heavy atom. The normalized spacial score (nSPS) is 11.1. The van der Waals surface area contributed by atoms with Crippen molar-refractivity contribution in [3.63, 3.8) is 0 Å². The molecule has 1 aromatic heterocycles. The van der Waals surface area contributed by atoms with Crippen molar-refractivity contribution in [2.24, 2.45) is 11.8 Å². The Morgan fingerprint density at radius 1 is 1.28 bits per heavy atom. The number of H-pyrrole nitrogens is 1. The van der Waals surface area contributed by atoms with Crippen LogP contribution < -0.4 is 15.2 Å². The summed E-state index contributed by atoms with van der Waals surface area (Å²) in [5, 5.41) is 0. The van der Waals surface area contributed by atoms with Gasteiger partial charge in [0.2, 0.25) is 5.75 Å². The molecule has 0 saturated carbocycles. The van der Waals surface area contributed by atoms with Crippen molar-refractivity contribution in [1.82, 2.24) is 9.97 Å². The van der Waals surface area contributed by atoms with Gasteiger partial charge in [0.05, 0.1) is 13.4 Å². The minimum Gasteiger partial charge on any atom is -0.489 e. The molecule has 5 heteroatoms. The number of aromatic amines is 1. The zero-order valence-electron chi connectivity index (χ0n) is 11.9. The fraction of sp³-hybridized carbons (Fsp3) is 0.692. The lowest BCUT2D eigenvalue weighted by Gasteiger charge is -2.28. The molecule has 0 radical (unpaired) electrons. The van der Waals surface area contributed by atoms with Crippen LogP contribution in [0.1, 0.15) is 27.7 Å². The molecule has 0 aliphatic heterocycles. The highest BCUT2D eigenvalue weighted by molar-refractivity contribution is 5.50. The van der Waals surface area contributed by atoms with E-state index >= 15 is 0 Å². The predicted molar refractivity (Wildman–Crippen MR) is 73.3 cm³/mol. The predicted octanol–water partition coefficient (Wildman–Crippen LogP) is 1.90. The molecule has 0 saturated heterocycles. The van der Waals surface area contributed by atoms with Gasteiger partial charge in [-0.25, -0.2) is 4.98 Å². The second-order valence-electron chi connectivity index (χ2n) is 5.28. The summed E-state index contributed by atoms with van der Waals surface area (Å²) in [7, 11) is 1.50. The number of aromatic nitrogens is 2. The summed E-state index contributed by atoms with van der Waals surface area (Å²) in [6, 6.07) is 0. The number of methoxy groups -OCH3 is 1. The third kappa shape index (κ3) is 3.75. The zero-order valence-corrected chi connectivity index (χ0v) is 11.9. The van der Waals surface area contributed by atoms with Crippen molar-refractivity contribution in [3.05, 3.63) is 16.7 Å². The number of nitrogens with zero attached hydrogens (tertiary/aromatic N) is 2. The van der Waals surface area contributed by atoms with Gasteiger partial charge in [0, 0.05) is 13.1 Å². The van der Waals surface area contributed by atoms with E-state index in [4.69, 9.17) is 4.74 Å². The van der Waals surface area contributed by atoms with Crippen molar-refractivity contribution in [3.8, 4) is 5.75 Å². The Morgan fingerprint density at radius 2 is 1.83 bits per heavy atom. The maximum Gasteiger partial charge on any atom is 0.295 e. The number of hydrogen-bond acceptors (Lipinski definition) is 4. The summed E-state index contributed by atoms with van der Waals surface area (Å²) in [4.78, 5) is 20.6. The number of ether oxygens (including phenoxy) is 1. The van der Waals surface area contributed by atoms with Gasteiger partial charge in [-0.1, -0.05) is 27.7 Å². The summed E-state index contributed by atoms with van der Waals surface area (Å²) >= 11 is 0. The van der Waals surface area contributed by atoms with Gasteiger partial charge in [0.1, 0.15) is 0 Å². The SMILES string of the molecule is COc1c(N(CC(C)C)CC(C)C)nc[nH]c1=O. The van der Waals surface area contributed by atoms with Crippen molar-refractivity contribution in [2.45, 2.75) is 27.7 Å². The van der Waals surface area contributed by atoms with Crippen LogP contribution in [0, 0.1) is 11.8 Å². The van der Waals surface area contributed by atoms with Gasteiger partial charge in [0.25, 0.3) is 5.56 Å². The third-order valence-corrected chi connectivity index (χ3v) is 2.47. The van der Waals surface area contributed by atoms with Crippen molar-refractivity contribution < 1.29 is 4.74 Å². The van der Waals surface area contributed by atoms with E-state index in [0.717, 1.165) is 13.1 Å². The van der Waals surface area contributed by atoms with Gasteiger partial charge in [-0.15, -0.1) is 0 Å².